The second kappa shape index (κ2) is 4.75. The molecule has 0 bridgehead atoms. The minimum Gasteiger partial charge on any atom is -0.305 e. The van der Waals surface area contributed by atoms with Crippen LogP contribution in [0.25, 0.3) is 0 Å². The van der Waals surface area contributed by atoms with Gasteiger partial charge in [0.1, 0.15) is 5.82 Å². The number of amides is 1. The molecule has 1 atom stereocenters. The van der Waals surface area contributed by atoms with Crippen molar-refractivity contribution in [3.8, 4) is 0 Å². The highest BCUT2D eigenvalue weighted by molar-refractivity contribution is 6.07. The second-order valence-corrected chi connectivity index (χ2v) is 5.32. The summed E-state index contributed by atoms with van der Waals surface area (Å²) in [6.07, 6.45) is 0.844. The molecule has 2 aromatic rings. The van der Waals surface area contributed by atoms with Gasteiger partial charge in [0, 0.05) is 17.3 Å². The number of carbonyl (C=O) groups is 1. The Hall–Kier alpha value is -2.16. The maximum Gasteiger partial charge on any atom is 0.258 e. The molecule has 0 N–H and O–H groups in total. The van der Waals surface area contributed by atoms with Crippen molar-refractivity contribution in [1.29, 1.82) is 0 Å². The van der Waals surface area contributed by atoms with E-state index in [9.17, 15) is 9.18 Å². The number of anilines is 1. The first-order chi connectivity index (χ1) is 9.58. The van der Waals surface area contributed by atoms with E-state index in [2.05, 4.69) is 0 Å². The van der Waals surface area contributed by atoms with Crippen LogP contribution < -0.4 is 4.90 Å². The SMILES string of the molecule is Cc1ccc(C(=O)N2c3ccccc3C[C@@H]2C)cc1F. The molecule has 1 amide bonds. The van der Waals surface area contributed by atoms with E-state index in [1.54, 1.807) is 24.0 Å². The molecule has 0 aliphatic carbocycles. The lowest BCUT2D eigenvalue weighted by atomic mass is 10.1. The van der Waals surface area contributed by atoms with Crippen molar-refractivity contribution in [2.45, 2.75) is 26.3 Å². The van der Waals surface area contributed by atoms with Gasteiger partial charge in [0.05, 0.1) is 0 Å². The normalized spacial score (nSPS) is 17.1. The summed E-state index contributed by atoms with van der Waals surface area (Å²) in [4.78, 5) is 14.4. The van der Waals surface area contributed by atoms with Gasteiger partial charge in [0.25, 0.3) is 5.91 Å². The average Bonchev–Trinajstić information content (AvgIpc) is 2.77. The second-order valence-electron chi connectivity index (χ2n) is 5.32. The summed E-state index contributed by atoms with van der Waals surface area (Å²) in [5.74, 6) is -0.475. The summed E-state index contributed by atoms with van der Waals surface area (Å²) in [5.41, 5.74) is 3.06. The van der Waals surface area contributed by atoms with Crippen LogP contribution in [-0.2, 0) is 6.42 Å². The molecule has 0 saturated heterocycles. The predicted molar refractivity (Wildman–Crippen MR) is 77.6 cm³/mol. The highest BCUT2D eigenvalue weighted by Gasteiger charge is 2.31. The Morgan fingerprint density at radius 2 is 2.00 bits per heavy atom. The van der Waals surface area contributed by atoms with Crippen molar-refractivity contribution in [3.05, 3.63) is 65.0 Å². The lowest BCUT2D eigenvalue weighted by Crippen LogP contribution is -2.35. The van der Waals surface area contributed by atoms with E-state index in [4.69, 9.17) is 0 Å². The Morgan fingerprint density at radius 1 is 1.25 bits per heavy atom. The lowest BCUT2D eigenvalue weighted by molar-refractivity contribution is 0.0981. The molecule has 3 heteroatoms. The zero-order valence-corrected chi connectivity index (χ0v) is 11.6. The van der Waals surface area contributed by atoms with Crippen molar-refractivity contribution in [2.24, 2.45) is 0 Å². The van der Waals surface area contributed by atoms with Gasteiger partial charge >= 0.3 is 0 Å². The van der Waals surface area contributed by atoms with E-state index in [0.717, 1.165) is 12.1 Å². The Kier molecular flexibility index (Phi) is 3.05. The first-order valence-corrected chi connectivity index (χ1v) is 6.75. The smallest absolute Gasteiger partial charge is 0.258 e. The van der Waals surface area contributed by atoms with Gasteiger partial charge in [-0.1, -0.05) is 24.3 Å². The molecular formula is C17H16FNO. The molecular weight excluding hydrogens is 253 g/mol. The van der Waals surface area contributed by atoms with Crippen LogP contribution in [0, 0.1) is 12.7 Å². The summed E-state index contributed by atoms with van der Waals surface area (Å²) >= 11 is 0. The molecule has 1 aliphatic heterocycles. The Labute approximate surface area is 117 Å². The van der Waals surface area contributed by atoms with E-state index >= 15 is 0 Å². The first-order valence-electron chi connectivity index (χ1n) is 6.75. The molecule has 3 rings (SSSR count). The van der Waals surface area contributed by atoms with E-state index in [1.165, 1.54) is 11.6 Å². The molecule has 0 saturated carbocycles. The maximum absolute atomic E-state index is 13.6. The number of hydrogen-bond donors (Lipinski definition) is 0. The number of benzene rings is 2. The molecule has 102 valence electrons. The largest absolute Gasteiger partial charge is 0.305 e. The fraction of sp³-hybridized carbons (Fsp3) is 0.235. The van der Waals surface area contributed by atoms with Crippen molar-refractivity contribution in [2.75, 3.05) is 4.90 Å². The maximum atomic E-state index is 13.6. The summed E-state index contributed by atoms with van der Waals surface area (Å²) < 4.78 is 13.6. The molecule has 2 nitrogen and oxygen atoms in total. The zero-order valence-electron chi connectivity index (χ0n) is 11.6. The van der Waals surface area contributed by atoms with Crippen molar-refractivity contribution < 1.29 is 9.18 Å². The molecule has 20 heavy (non-hydrogen) atoms. The number of aryl methyl sites for hydroxylation is 1. The van der Waals surface area contributed by atoms with Gasteiger partial charge in [-0.05, 0) is 49.6 Å². The highest BCUT2D eigenvalue weighted by Crippen LogP contribution is 2.33. The molecule has 0 radical (unpaired) electrons. The molecule has 0 aromatic heterocycles. The van der Waals surface area contributed by atoms with E-state index in [0.29, 0.717) is 11.1 Å². The third-order valence-electron chi connectivity index (χ3n) is 3.84. The van der Waals surface area contributed by atoms with Gasteiger partial charge in [0.15, 0.2) is 0 Å². The third kappa shape index (κ3) is 1.99. The number of rotatable bonds is 1. The monoisotopic (exact) mass is 269 g/mol. The molecule has 0 unspecified atom stereocenters. The Bertz CT molecular complexity index is 680. The molecule has 0 fully saturated rings. The highest BCUT2D eigenvalue weighted by atomic mass is 19.1. The van der Waals surface area contributed by atoms with Gasteiger partial charge in [-0.3, -0.25) is 4.79 Å². The summed E-state index contributed by atoms with van der Waals surface area (Å²) in [5, 5.41) is 0. The number of para-hydroxylation sites is 1. The zero-order chi connectivity index (χ0) is 14.3. The van der Waals surface area contributed by atoms with Gasteiger partial charge < -0.3 is 4.90 Å². The number of nitrogens with zero attached hydrogens (tertiary/aromatic N) is 1. The fourth-order valence-corrected chi connectivity index (χ4v) is 2.74. The molecule has 2 aromatic carbocycles. The standard InChI is InChI=1S/C17H16FNO/c1-11-7-8-14(10-15(11)18)17(20)19-12(2)9-13-5-3-4-6-16(13)19/h3-8,10,12H,9H2,1-2H3/t12-/m0/s1. The Balaban J connectivity index is 2.00. The van der Waals surface area contributed by atoms with Gasteiger partial charge in [-0.15, -0.1) is 0 Å². The number of fused-ring (bicyclic) bond motifs is 1. The first kappa shape index (κ1) is 12.9. The van der Waals surface area contributed by atoms with Crippen LogP contribution >= 0.6 is 0 Å². The van der Waals surface area contributed by atoms with Gasteiger partial charge in [0.2, 0.25) is 0 Å². The van der Waals surface area contributed by atoms with Gasteiger partial charge in [-0.2, -0.15) is 0 Å². The molecule has 0 spiro atoms. The van der Waals surface area contributed by atoms with E-state index < -0.39 is 0 Å². The van der Waals surface area contributed by atoms with E-state index in [1.807, 2.05) is 31.2 Å². The van der Waals surface area contributed by atoms with Crippen LogP contribution in [0.4, 0.5) is 10.1 Å². The molecule has 1 heterocycles. The lowest BCUT2D eigenvalue weighted by Gasteiger charge is -2.23. The number of carbonyl (C=O) groups excluding carboxylic acids is 1. The quantitative estimate of drug-likeness (QED) is 0.772. The summed E-state index contributed by atoms with van der Waals surface area (Å²) in [7, 11) is 0. The van der Waals surface area contributed by atoms with Crippen LogP contribution in [-0.4, -0.2) is 11.9 Å². The summed E-state index contributed by atoms with van der Waals surface area (Å²) in [6, 6.07) is 12.6. The third-order valence-corrected chi connectivity index (χ3v) is 3.84. The molecule has 1 aliphatic rings. The minimum atomic E-state index is -0.337. The predicted octanol–water partition coefficient (Wildman–Crippen LogP) is 3.73. The van der Waals surface area contributed by atoms with E-state index in [-0.39, 0.29) is 17.8 Å². The van der Waals surface area contributed by atoms with Crippen LogP contribution in [0.5, 0.6) is 0 Å². The number of hydrogen-bond acceptors (Lipinski definition) is 1. The number of halogens is 1. The van der Waals surface area contributed by atoms with Crippen molar-refractivity contribution >= 4 is 11.6 Å². The van der Waals surface area contributed by atoms with Crippen molar-refractivity contribution in [1.82, 2.24) is 0 Å². The van der Waals surface area contributed by atoms with Crippen LogP contribution in [0.15, 0.2) is 42.5 Å². The van der Waals surface area contributed by atoms with Gasteiger partial charge in [-0.25, -0.2) is 4.39 Å². The fourth-order valence-electron chi connectivity index (χ4n) is 2.74. The minimum absolute atomic E-state index is 0.101. The Morgan fingerprint density at radius 3 is 2.75 bits per heavy atom. The van der Waals surface area contributed by atoms with Crippen LogP contribution in [0.3, 0.4) is 0 Å². The average molecular weight is 269 g/mol. The van der Waals surface area contributed by atoms with Crippen LogP contribution in [0.1, 0.15) is 28.4 Å². The topological polar surface area (TPSA) is 20.3 Å². The van der Waals surface area contributed by atoms with Crippen molar-refractivity contribution in [3.63, 3.8) is 0 Å². The summed E-state index contributed by atoms with van der Waals surface area (Å²) in [6.45, 7) is 3.71. The van der Waals surface area contributed by atoms with Crippen LogP contribution in [0.2, 0.25) is 0 Å².